The summed E-state index contributed by atoms with van der Waals surface area (Å²) in [5.74, 6) is 1.94. The van der Waals surface area contributed by atoms with Gasteiger partial charge in [-0.1, -0.05) is 86.0 Å². The number of rotatable bonds is 20. The minimum absolute atomic E-state index is 0.0468. The number of hydrogen-bond acceptors (Lipinski definition) is 5. The molecule has 8 nitrogen and oxygen atoms in total. The predicted octanol–water partition coefficient (Wildman–Crippen LogP) is 5.59. The van der Waals surface area contributed by atoms with E-state index >= 15 is 0 Å². The molecule has 0 aromatic heterocycles. The lowest BCUT2D eigenvalue weighted by atomic mass is 9.43. The van der Waals surface area contributed by atoms with Crippen LogP contribution in [0.25, 0.3) is 0 Å². The van der Waals surface area contributed by atoms with Crippen molar-refractivity contribution in [3.63, 3.8) is 0 Å². The number of amides is 1. The van der Waals surface area contributed by atoms with Crippen LogP contribution >= 0.6 is 0 Å². The fourth-order valence-electron chi connectivity index (χ4n) is 7.74. The molecular weight excluding hydrogens is 525 g/mol. The summed E-state index contributed by atoms with van der Waals surface area (Å²) in [6, 6.07) is -0.263. The summed E-state index contributed by atoms with van der Waals surface area (Å²) >= 11 is 0. The molecule has 6 atom stereocenters. The van der Waals surface area contributed by atoms with Crippen LogP contribution in [0.3, 0.4) is 0 Å². The minimum Gasteiger partial charge on any atom is -0.404 e. The first-order valence-corrected chi connectivity index (χ1v) is 17.4. The second-order valence-corrected chi connectivity index (χ2v) is 14.6. The molecule has 242 valence electrons. The van der Waals surface area contributed by atoms with Gasteiger partial charge in [0.25, 0.3) is 0 Å². The lowest BCUT2D eigenvalue weighted by Gasteiger charge is -2.64. The lowest BCUT2D eigenvalue weighted by Crippen LogP contribution is -2.65. The summed E-state index contributed by atoms with van der Waals surface area (Å²) in [7, 11) is 1.27. The maximum atomic E-state index is 13.8. The highest BCUT2D eigenvalue weighted by Gasteiger charge is 2.68. The fourth-order valence-corrected chi connectivity index (χ4v) is 7.74. The largest absolute Gasteiger partial charge is 0.481 e. The van der Waals surface area contributed by atoms with Crippen molar-refractivity contribution in [3.05, 3.63) is 0 Å². The van der Waals surface area contributed by atoms with Crippen molar-refractivity contribution in [2.24, 2.45) is 33.9 Å². The van der Waals surface area contributed by atoms with E-state index in [-0.39, 0.29) is 29.6 Å². The van der Waals surface area contributed by atoms with Crippen molar-refractivity contribution in [3.8, 4) is 0 Å². The monoisotopic (exact) mass is 590 g/mol. The van der Waals surface area contributed by atoms with Gasteiger partial charge in [-0.3, -0.25) is 9.79 Å². The van der Waals surface area contributed by atoms with Crippen molar-refractivity contribution in [2.45, 2.75) is 155 Å². The third kappa shape index (κ3) is 9.34. The Labute approximate surface area is 258 Å². The Hall–Kier alpha value is -1.32. The Morgan fingerprint density at radius 1 is 1.00 bits per heavy atom. The van der Waals surface area contributed by atoms with Crippen LogP contribution in [0.1, 0.15) is 131 Å². The van der Waals surface area contributed by atoms with Crippen molar-refractivity contribution in [1.82, 2.24) is 16.0 Å². The summed E-state index contributed by atoms with van der Waals surface area (Å²) in [6.07, 6.45) is 16.4. The molecule has 0 aromatic carbocycles. The van der Waals surface area contributed by atoms with Crippen LogP contribution in [-0.2, 0) is 14.1 Å². The molecule has 1 saturated heterocycles. The van der Waals surface area contributed by atoms with Gasteiger partial charge in [0.1, 0.15) is 0 Å². The molecule has 9 heteroatoms. The zero-order valence-corrected chi connectivity index (χ0v) is 28.1. The maximum absolute atomic E-state index is 13.8. The van der Waals surface area contributed by atoms with Crippen LogP contribution in [0, 0.1) is 23.2 Å². The molecular formula is C33H64BN5O3. The van der Waals surface area contributed by atoms with Crippen molar-refractivity contribution in [2.75, 3.05) is 20.1 Å². The van der Waals surface area contributed by atoms with Gasteiger partial charge in [-0.15, -0.1) is 0 Å². The predicted molar refractivity (Wildman–Crippen MR) is 175 cm³/mol. The van der Waals surface area contributed by atoms with E-state index in [0.29, 0.717) is 35.7 Å². The highest BCUT2D eigenvalue weighted by molar-refractivity contribution is 6.47. The molecule has 0 unspecified atom stereocenters. The Morgan fingerprint density at radius 2 is 1.67 bits per heavy atom. The van der Waals surface area contributed by atoms with Crippen molar-refractivity contribution < 1.29 is 14.1 Å². The van der Waals surface area contributed by atoms with Crippen LogP contribution in [0.15, 0.2) is 4.99 Å². The number of carbonyl (C=O) groups excluding carboxylic acids is 1. The van der Waals surface area contributed by atoms with E-state index in [1.807, 2.05) is 0 Å². The van der Waals surface area contributed by atoms with Crippen molar-refractivity contribution in [1.29, 1.82) is 0 Å². The van der Waals surface area contributed by atoms with Gasteiger partial charge in [-0.2, -0.15) is 0 Å². The van der Waals surface area contributed by atoms with Gasteiger partial charge in [0.2, 0.25) is 5.91 Å². The van der Waals surface area contributed by atoms with E-state index in [1.165, 1.54) is 57.8 Å². The Balaban J connectivity index is 1.54. The number of nitrogens with zero attached hydrogens (tertiary/aromatic N) is 1. The molecule has 1 heterocycles. The second-order valence-electron chi connectivity index (χ2n) is 14.6. The van der Waals surface area contributed by atoms with E-state index in [1.54, 1.807) is 7.05 Å². The highest BCUT2D eigenvalue weighted by Crippen LogP contribution is 2.65. The van der Waals surface area contributed by atoms with Gasteiger partial charge in [0.05, 0.1) is 23.7 Å². The first-order valence-electron chi connectivity index (χ1n) is 17.4. The molecule has 2 bridgehead atoms. The zero-order chi connectivity index (χ0) is 30.8. The van der Waals surface area contributed by atoms with Gasteiger partial charge in [-0.05, 0) is 75.2 Å². The Kier molecular flexibility index (Phi) is 14.0. The minimum atomic E-state index is -0.401. The molecule has 42 heavy (non-hydrogen) atoms. The van der Waals surface area contributed by atoms with Crippen molar-refractivity contribution >= 4 is 19.0 Å². The van der Waals surface area contributed by atoms with Gasteiger partial charge in [0, 0.05) is 13.6 Å². The highest BCUT2D eigenvalue weighted by atomic mass is 16.7. The Bertz CT molecular complexity index is 856. The molecule has 3 saturated carbocycles. The number of aliphatic imine (C=N–C) groups is 1. The lowest BCUT2D eigenvalue weighted by molar-refractivity contribution is -0.199. The first-order chi connectivity index (χ1) is 20.0. The first kappa shape index (κ1) is 35.2. The summed E-state index contributed by atoms with van der Waals surface area (Å²) in [5.41, 5.74) is 5.83. The number of hydrogen-bond donors (Lipinski definition) is 4. The average molecular weight is 590 g/mol. The SMILES string of the molecule is CCCCCCCCCCCN[C@@H](CCCNC(N)=NC)C(=O)N[C@@H](CC(C)C)B1O[C@@H]2C[C@@H]3C[C@@H](C3(C)C)[C@]2(C)O1. The number of unbranched alkanes of at least 4 members (excludes halogenated alkanes) is 8. The van der Waals surface area contributed by atoms with E-state index in [2.05, 4.69) is 62.5 Å². The van der Waals surface area contributed by atoms with E-state index in [4.69, 9.17) is 15.0 Å². The smallest absolute Gasteiger partial charge is 0.404 e. The van der Waals surface area contributed by atoms with Gasteiger partial charge < -0.3 is 31.0 Å². The van der Waals surface area contributed by atoms with Crippen LogP contribution in [-0.4, -0.2) is 62.8 Å². The summed E-state index contributed by atoms with van der Waals surface area (Å²) in [4.78, 5) is 17.8. The normalized spacial score (nSPS) is 27.9. The fraction of sp³-hybridized carbons (Fsp3) is 0.939. The molecule has 3 aliphatic carbocycles. The standard InChI is InChI=1S/C33H64BN5O3/c1-8-9-10-11-12-13-14-15-16-19-37-26(18-17-20-38-31(35)36-7)30(40)39-29(21-24(2)3)34-41-28-23-25-22-27(32(25,4)5)33(28,6)42-34/h24-29,37H,8-23H2,1-7H3,(H,39,40)(H3,35,36,38)/t25-,26-,27-,28+,29-,33-/m0/s1. The third-order valence-corrected chi connectivity index (χ3v) is 10.6. The number of nitrogens with one attached hydrogen (secondary N) is 3. The molecule has 0 aromatic rings. The van der Waals surface area contributed by atoms with Crippen LogP contribution in [0.4, 0.5) is 0 Å². The summed E-state index contributed by atoms with van der Waals surface area (Å²) < 4.78 is 13.4. The summed E-state index contributed by atoms with van der Waals surface area (Å²) in [5, 5.41) is 10.1. The quantitative estimate of drug-likeness (QED) is 0.0638. The molecule has 5 N–H and O–H groups in total. The van der Waals surface area contributed by atoms with Gasteiger partial charge in [0.15, 0.2) is 5.96 Å². The molecule has 0 radical (unpaired) electrons. The topological polar surface area (TPSA) is 110 Å². The molecule has 0 spiro atoms. The van der Waals surface area contributed by atoms with Crippen LogP contribution in [0.2, 0.25) is 0 Å². The van der Waals surface area contributed by atoms with E-state index in [0.717, 1.165) is 38.6 Å². The molecule has 4 fully saturated rings. The van der Waals surface area contributed by atoms with Gasteiger partial charge in [-0.25, -0.2) is 0 Å². The molecule has 1 amide bonds. The zero-order valence-electron chi connectivity index (χ0n) is 28.1. The Morgan fingerprint density at radius 3 is 2.29 bits per heavy atom. The van der Waals surface area contributed by atoms with Crippen LogP contribution < -0.4 is 21.7 Å². The number of carbonyl (C=O) groups is 1. The molecule has 1 aliphatic heterocycles. The average Bonchev–Trinajstić information content (AvgIpc) is 3.31. The third-order valence-electron chi connectivity index (χ3n) is 10.6. The molecule has 4 rings (SSSR count). The van der Waals surface area contributed by atoms with E-state index < -0.39 is 7.12 Å². The second kappa shape index (κ2) is 16.7. The summed E-state index contributed by atoms with van der Waals surface area (Å²) in [6.45, 7) is 15.2. The van der Waals surface area contributed by atoms with Crippen LogP contribution in [0.5, 0.6) is 0 Å². The number of nitrogens with two attached hydrogens (primary N) is 1. The van der Waals surface area contributed by atoms with E-state index in [9.17, 15) is 4.79 Å². The maximum Gasteiger partial charge on any atom is 0.481 e. The number of guanidine groups is 1. The van der Waals surface area contributed by atoms with Gasteiger partial charge >= 0.3 is 7.12 Å². The molecule has 4 aliphatic rings.